The first-order valence-corrected chi connectivity index (χ1v) is 5.14. The minimum atomic E-state index is -4.32. The Balaban J connectivity index is 2.79. The largest absolute Gasteiger partial charge is 0.319 e. The molecule has 0 bridgehead atoms. The fourth-order valence-electron chi connectivity index (χ4n) is 1.30. The molecule has 0 spiro atoms. The normalized spacial score (nSPS) is 11.9. The predicted molar refractivity (Wildman–Crippen MR) is 55.7 cm³/mol. The van der Waals surface area contributed by atoms with Crippen LogP contribution in [0.1, 0.15) is 5.56 Å². The molecule has 0 saturated carbocycles. The van der Waals surface area contributed by atoms with Crippen molar-refractivity contribution >= 4 is 5.69 Å². The third kappa shape index (κ3) is 3.83. The Labute approximate surface area is 108 Å². The van der Waals surface area contributed by atoms with Crippen LogP contribution in [0.15, 0.2) is 12.1 Å². The van der Waals surface area contributed by atoms with Gasteiger partial charge in [0.15, 0.2) is 0 Å². The highest BCUT2D eigenvalue weighted by atomic mass is 19.3. The smallest absolute Gasteiger partial charge is 0.307 e. The van der Waals surface area contributed by atoms with E-state index in [1.54, 1.807) is 0 Å². The summed E-state index contributed by atoms with van der Waals surface area (Å²) in [5, 5.41) is 12.2. The van der Waals surface area contributed by atoms with Crippen molar-refractivity contribution in [3.63, 3.8) is 0 Å². The molecule has 0 aliphatic rings. The first-order chi connectivity index (χ1) is 9.15. The van der Waals surface area contributed by atoms with E-state index in [0.717, 1.165) is 0 Å². The number of benzene rings is 1. The molecule has 1 aromatic carbocycles. The summed E-state index contributed by atoms with van der Waals surface area (Å²) in [4.78, 5) is 9.29. The second-order valence-corrected chi connectivity index (χ2v) is 3.82. The Morgan fingerprint density at radius 2 is 1.85 bits per heavy atom. The van der Waals surface area contributed by atoms with Gasteiger partial charge in [-0.05, 0) is 0 Å². The molecule has 0 aliphatic carbocycles. The number of hydrogen-bond donors (Lipinski definition) is 1. The minimum absolute atomic E-state index is 0.223. The van der Waals surface area contributed by atoms with E-state index in [9.17, 15) is 36.5 Å². The quantitative estimate of drug-likeness (QED) is 0.499. The SMILES string of the molecule is O=[N+]([O-])c1cc(CNCC(F)(F)C(F)F)c(F)cc1F. The molecule has 0 atom stereocenters. The summed E-state index contributed by atoms with van der Waals surface area (Å²) >= 11 is 0. The molecule has 10 heteroatoms. The zero-order chi connectivity index (χ0) is 15.5. The Morgan fingerprint density at radius 3 is 2.35 bits per heavy atom. The topological polar surface area (TPSA) is 55.2 Å². The summed E-state index contributed by atoms with van der Waals surface area (Å²) in [6.45, 7) is -2.13. The fourth-order valence-corrected chi connectivity index (χ4v) is 1.30. The number of hydrogen-bond acceptors (Lipinski definition) is 3. The maximum absolute atomic E-state index is 13.2. The van der Waals surface area contributed by atoms with E-state index in [2.05, 4.69) is 0 Å². The van der Waals surface area contributed by atoms with Crippen molar-refractivity contribution in [2.75, 3.05) is 6.54 Å². The molecular formula is C10H8F6N2O2. The highest BCUT2D eigenvalue weighted by Crippen LogP contribution is 2.23. The maximum atomic E-state index is 13.2. The molecule has 1 N–H and O–H groups in total. The molecule has 0 heterocycles. The van der Waals surface area contributed by atoms with Crippen LogP contribution in [0, 0.1) is 21.7 Å². The van der Waals surface area contributed by atoms with Gasteiger partial charge in [-0.25, -0.2) is 13.2 Å². The lowest BCUT2D eigenvalue weighted by Crippen LogP contribution is -2.38. The van der Waals surface area contributed by atoms with Gasteiger partial charge in [-0.15, -0.1) is 0 Å². The standard InChI is InChI=1S/C10H8F6N2O2/c11-6-2-7(12)8(18(19)20)1-5(6)3-17-4-10(15,16)9(13)14/h1-2,9,17H,3-4H2. The van der Waals surface area contributed by atoms with E-state index in [4.69, 9.17) is 0 Å². The molecule has 20 heavy (non-hydrogen) atoms. The molecule has 4 nitrogen and oxygen atoms in total. The van der Waals surface area contributed by atoms with Crippen LogP contribution < -0.4 is 5.32 Å². The van der Waals surface area contributed by atoms with Crippen molar-refractivity contribution in [3.8, 4) is 0 Å². The van der Waals surface area contributed by atoms with Gasteiger partial charge in [-0.2, -0.15) is 13.2 Å². The van der Waals surface area contributed by atoms with Crippen LogP contribution in [0.25, 0.3) is 0 Å². The Kier molecular flexibility index (Phi) is 4.93. The summed E-state index contributed by atoms with van der Waals surface area (Å²) in [5.41, 5.74) is -1.52. The lowest BCUT2D eigenvalue weighted by atomic mass is 10.1. The van der Waals surface area contributed by atoms with Gasteiger partial charge in [0.25, 0.3) is 0 Å². The highest BCUT2D eigenvalue weighted by molar-refractivity contribution is 5.37. The molecule has 0 unspecified atom stereocenters. The first-order valence-electron chi connectivity index (χ1n) is 5.14. The van der Waals surface area contributed by atoms with E-state index in [1.807, 2.05) is 5.32 Å². The van der Waals surface area contributed by atoms with E-state index in [0.29, 0.717) is 6.07 Å². The van der Waals surface area contributed by atoms with Crippen LogP contribution in [0.3, 0.4) is 0 Å². The monoisotopic (exact) mass is 302 g/mol. The summed E-state index contributed by atoms with van der Waals surface area (Å²) in [7, 11) is 0. The van der Waals surface area contributed by atoms with Gasteiger partial charge in [0.1, 0.15) is 5.82 Å². The maximum Gasteiger partial charge on any atom is 0.319 e. The van der Waals surface area contributed by atoms with Crippen LogP contribution in [0.2, 0.25) is 0 Å². The zero-order valence-corrected chi connectivity index (χ0v) is 9.68. The average molecular weight is 302 g/mol. The summed E-state index contributed by atoms with van der Waals surface area (Å²) in [6, 6.07) is 0.735. The number of halogens is 6. The molecule has 1 aromatic rings. The van der Waals surface area contributed by atoms with Crippen LogP contribution in [-0.4, -0.2) is 23.8 Å². The number of nitrogens with one attached hydrogen (secondary N) is 1. The van der Waals surface area contributed by atoms with Crippen LogP contribution in [0.4, 0.5) is 32.0 Å². The van der Waals surface area contributed by atoms with Gasteiger partial charge in [0.05, 0.1) is 11.5 Å². The molecule has 112 valence electrons. The number of rotatable bonds is 6. The zero-order valence-electron chi connectivity index (χ0n) is 9.68. The molecule has 0 saturated heterocycles. The molecular weight excluding hydrogens is 294 g/mol. The van der Waals surface area contributed by atoms with Gasteiger partial charge in [-0.1, -0.05) is 0 Å². The van der Waals surface area contributed by atoms with Crippen LogP contribution >= 0.6 is 0 Å². The molecule has 0 aliphatic heterocycles. The van der Waals surface area contributed by atoms with Crippen molar-refractivity contribution in [1.82, 2.24) is 5.32 Å². The van der Waals surface area contributed by atoms with Crippen molar-refractivity contribution in [2.45, 2.75) is 18.9 Å². The summed E-state index contributed by atoms with van der Waals surface area (Å²) in [5.74, 6) is -6.95. The third-order valence-electron chi connectivity index (χ3n) is 2.31. The number of nitro groups is 1. The lowest BCUT2D eigenvalue weighted by Gasteiger charge is -2.15. The van der Waals surface area contributed by atoms with Crippen molar-refractivity contribution in [3.05, 3.63) is 39.4 Å². The molecule has 0 radical (unpaired) electrons. The third-order valence-corrected chi connectivity index (χ3v) is 2.31. The molecule has 0 aromatic heterocycles. The number of alkyl halides is 4. The van der Waals surface area contributed by atoms with Gasteiger partial charge >= 0.3 is 18.0 Å². The van der Waals surface area contributed by atoms with E-state index < -0.39 is 53.2 Å². The second-order valence-electron chi connectivity index (χ2n) is 3.82. The van der Waals surface area contributed by atoms with E-state index in [-0.39, 0.29) is 6.07 Å². The minimum Gasteiger partial charge on any atom is -0.307 e. The molecule has 1 rings (SSSR count). The first kappa shape index (κ1) is 16.2. The highest BCUT2D eigenvalue weighted by Gasteiger charge is 2.40. The predicted octanol–water partition coefficient (Wildman–Crippen LogP) is 2.86. The number of nitrogens with zero attached hydrogens (tertiary/aromatic N) is 1. The lowest BCUT2D eigenvalue weighted by molar-refractivity contribution is -0.387. The van der Waals surface area contributed by atoms with Crippen LogP contribution in [0.5, 0.6) is 0 Å². The summed E-state index contributed by atoms with van der Waals surface area (Å²) in [6.07, 6.45) is -3.90. The Bertz CT molecular complexity index is 509. The van der Waals surface area contributed by atoms with Gasteiger partial charge in [0, 0.05) is 24.2 Å². The van der Waals surface area contributed by atoms with E-state index >= 15 is 0 Å². The van der Waals surface area contributed by atoms with Crippen molar-refractivity contribution in [1.29, 1.82) is 0 Å². The van der Waals surface area contributed by atoms with Gasteiger partial charge in [0.2, 0.25) is 5.82 Å². The second kappa shape index (κ2) is 6.07. The van der Waals surface area contributed by atoms with E-state index in [1.165, 1.54) is 0 Å². The molecule has 0 fully saturated rings. The fraction of sp³-hybridized carbons (Fsp3) is 0.400. The summed E-state index contributed by atoms with van der Waals surface area (Å²) < 4.78 is 75.0. The average Bonchev–Trinajstić information content (AvgIpc) is 2.31. The van der Waals surface area contributed by atoms with Crippen LogP contribution in [-0.2, 0) is 6.54 Å². The number of nitro benzene ring substituents is 1. The van der Waals surface area contributed by atoms with Crippen molar-refractivity contribution < 1.29 is 31.3 Å². The Morgan fingerprint density at radius 1 is 1.25 bits per heavy atom. The molecule has 0 amide bonds. The van der Waals surface area contributed by atoms with Gasteiger partial charge < -0.3 is 5.32 Å². The Hall–Kier alpha value is -1.84. The van der Waals surface area contributed by atoms with Crippen molar-refractivity contribution in [2.24, 2.45) is 0 Å². The van der Waals surface area contributed by atoms with Gasteiger partial charge in [-0.3, -0.25) is 10.1 Å².